The summed E-state index contributed by atoms with van der Waals surface area (Å²) in [7, 11) is 4.82. The number of nitrogens with zero attached hydrogens (tertiary/aromatic N) is 9. The lowest BCUT2D eigenvalue weighted by molar-refractivity contribution is -0.144. The molecule has 2 saturated heterocycles. The molecule has 0 spiro atoms. The van der Waals surface area contributed by atoms with Gasteiger partial charge < -0.3 is 46.2 Å². The Balaban J connectivity index is 0.760. The van der Waals surface area contributed by atoms with E-state index in [9.17, 15) is 29.1 Å². The number of thiazole rings is 1. The number of β-amino-alcohol motifs (C(OH)–C–C–N with tert-alkyl or cyclic N) is 1. The number of pyridine rings is 1. The Morgan fingerprint density at radius 2 is 1.67 bits per heavy atom. The number of para-hydroxylation sites is 1. The second-order valence-corrected chi connectivity index (χ2v) is 21.4. The molecule has 2 aliphatic rings. The molecule has 5 amide bonds. The van der Waals surface area contributed by atoms with Crippen LogP contribution in [-0.4, -0.2) is 131 Å². The lowest BCUT2D eigenvalue weighted by Crippen LogP contribution is -2.57. The molecule has 408 valence electrons. The van der Waals surface area contributed by atoms with Crippen molar-refractivity contribution in [3.63, 3.8) is 0 Å². The molecule has 0 aliphatic carbocycles. The smallest absolute Gasteiger partial charge is 0.273 e. The zero-order valence-corrected chi connectivity index (χ0v) is 45.9. The van der Waals surface area contributed by atoms with Crippen molar-refractivity contribution >= 4 is 63.9 Å². The van der Waals surface area contributed by atoms with Crippen LogP contribution in [0, 0.1) is 30.1 Å². The van der Waals surface area contributed by atoms with Crippen molar-refractivity contribution in [1.82, 2.24) is 60.7 Å². The number of aromatic nitrogens is 7. The number of aliphatic hydroxyl groups is 1. The van der Waals surface area contributed by atoms with E-state index < -0.39 is 35.4 Å². The van der Waals surface area contributed by atoms with E-state index in [-0.39, 0.29) is 54.8 Å². The molecular formula is C56H66N14O7S. The van der Waals surface area contributed by atoms with E-state index in [2.05, 4.69) is 68.7 Å². The van der Waals surface area contributed by atoms with Crippen molar-refractivity contribution in [3.05, 3.63) is 101 Å². The number of nitrogens with one attached hydrogen (secondary N) is 5. The monoisotopic (exact) mass is 1080 g/mol. The van der Waals surface area contributed by atoms with Crippen LogP contribution in [0.2, 0.25) is 0 Å². The van der Waals surface area contributed by atoms with Crippen LogP contribution in [0.15, 0.2) is 78.7 Å². The maximum atomic E-state index is 14.1. The largest absolute Gasteiger partial charge is 0.494 e. The van der Waals surface area contributed by atoms with Gasteiger partial charge in [-0.15, -0.1) is 21.5 Å². The third-order valence-electron chi connectivity index (χ3n) is 13.6. The molecule has 2 aromatic carbocycles. The molecule has 21 nitrogen and oxygen atoms in total. The number of aryl methyl sites for hydroxylation is 2. The van der Waals surface area contributed by atoms with E-state index >= 15 is 0 Å². The zero-order chi connectivity index (χ0) is 55.7. The molecular weight excluding hydrogens is 1010 g/mol. The average molecular weight is 1080 g/mol. The molecule has 0 bridgehead atoms. The van der Waals surface area contributed by atoms with Crippen LogP contribution in [0.3, 0.4) is 0 Å². The van der Waals surface area contributed by atoms with Gasteiger partial charge in [0.05, 0.1) is 58.2 Å². The molecule has 2 aliphatic heterocycles. The van der Waals surface area contributed by atoms with Crippen molar-refractivity contribution in [1.29, 1.82) is 0 Å². The summed E-state index contributed by atoms with van der Waals surface area (Å²) in [4.78, 5) is 84.4. The zero-order valence-electron chi connectivity index (χ0n) is 45.1. The molecule has 22 heteroatoms. The Labute approximate surface area is 457 Å². The Hall–Kier alpha value is -8.29. The highest BCUT2D eigenvalue weighted by atomic mass is 32.1. The molecule has 4 atom stereocenters. The molecule has 6 heterocycles. The SMILES string of the molecule is CNC(=O)c1nnc(Nc2ccc(C#CC3CN(C(=O)CCCCCC(=O)NC(C(=O)N4C[C@H](O)C[C@H]4C(=O)N[C@@H](C)c4ccc(-c5scnc5C)cc4)C(C)(C)C)C3)cn2)cc1Nc1cccc(-c2ncn(C)n2)c1OC. The fraction of sp³-hybridized carbons (Fsp3) is 0.411. The number of benzene rings is 2. The van der Waals surface area contributed by atoms with Gasteiger partial charge in [-0.25, -0.2) is 15.0 Å². The van der Waals surface area contributed by atoms with E-state index in [1.54, 1.807) is 65.8 Å². The summed E-state index contributed by atoms with van der Waals surface area (Å²) in [5, 5.41) is 38.4. The van der Waals surface area contributed by atoms with E-state index in [4.69, 9.17) is 4.74 Å². The number of aliphatic hydroxyl groups excluding tert-OH is 1. The van der Waals surface area contributed by atoms with E-state index in [1.807, 2.05) is 82.6 Å². The van der Waals surface area contributed by atoms with E-state index in [0.29, 0.717) is 84.5 Å². The molecule has 78 heavy (non-hydrogen) atoms. The fourth-order valence-electron chi connectivity index (χ4n) is 9.25. The molecule has 6 aromatic rings. The molecule has 0 saturated carbocycles. The number of methoxy groups -OCH3 is 1. The first-order valence-corrected chi connectivity index (χ1v) is 26.8. The number of carbonyl (C=O) groups excluding carboxylic acids is 5. The molecule has 1 unspecified atom stereocenters. The van der Waals surface area contributed by atoms with Crippen LogP contribution in [0.25, 0.3) is 21.8 Å². The Kier molecular flexibility index (Phi) is 17.8. The number of ether oxygens (including phenoxy) is 1. The quantitative estimate of drug-likeness (QED) is 0.0396. The summed E-state index contributed by atoms with van der Waals surface area (Å²) in [6, 6.07) is 16.4. The maximum Gasteiger partial charge on any atom is 0.273 e. The third-order valence-corrected chi connectivity index (χ3v) is 14.6. The predicted octanol–water partition coefficient (Wildman–Crippen LogP) is 6.08. The Morgan fingerprint density at radius 3 is 2.33 bits per heavy atom. The third kappa shape index (κ3) is 13.6. The van der Waals surface area contributed by atoms with Crippen molar-refractivity contribution in [2.24, 2.45) is 18.4 Å². The van der Waals surface area contributed by atoms with E-state index in [1.165, 1.54) is 11.9 Å². The predicted molar refractivity (Wildman–Crippen MR) is 296 cm³/mol. The minimum absolute atomic E-state index is 0.0153. The first kappa shape index (κ1) is 55.9. The highest BCUT2D eigenvalue weighted by molar-refractivity contribution is 7.13. The van der Waals surface area contributed by atoms with Gasteiger partial charge in [0.2, 0.25) is 23.6 Å². The van der Waals surface area contributed by atoms with Crippen LogP contribution in [0.4, 0.5) is 23.0 Å². The second kappa shape index (κ2) is 24.8. The topological polar surface area (TPSA) is 264 Å². The summed E-state index contributed by atoms with van der Waals surface area (Å²) in [5.74, 6) is 6.68. The maximum absolute atomic E-state index is 14.1. The number of rotatable bonds is 19. The van der Waals surface area contributed by atoms with Gasteiger partial charge in [-0.2, -0.15) is 5.10 Å². The van der Waals surface area contributed by atoms with Gasteiger partial charge in [-0.1, -0.05) is 69.4 Å². The van der Waals surface area contributed by atoms with Gasteiger partial charge >= 0.3 is 0 Å². The van der Waals surface area contributed by atoms with Gasteiger partial charge in [0.15, 0.2) is 23.1 Å². The van der Waals surface area contributed by atoms with E-state index in [0.717, 1.165) is 21.7 Å². The summed E-state index contributed by atoms with van der Waals surface area (Å²) in [6.45, 7) is 10.5. The summed E-state index contributed by atoms with van der Waals surface area (Å²) < 4.78 is 7.34. The summed E-state index contributed by atoms with van der Waals surface area (Å²) in [6.07, 6.45) is 4.75. The van der Waals surface area contributed by atoms with Gasteiger partial charge in [-0.3, -0.25) is 28.7 Å². The van der Waals surface area contributed by atoms with Crippen molar-refractivity contribution in [2.45, 2.75) is 97.4 Å². The first-order valence-electron chi connectivity index (χ1n) is 25.9. The van der Waals surface area contributed by atoms with Gasteiger partial charge in [0, 0.05) is 70.8 Å². The van der Waals surface area contributed by atoms with Gasteiger partial charge in [-0.05, 0) is 67.5 Å². The molecule has 4 aromatic heterocycles. The number of likely N-dealkylation sites (tertiary alicyclic amines) is 2. The minimum atomic E-state index is -0.930. The standard InChI is InChI=1S/C56H66N14O7S/c1-33(37-20-22-38(23-21-37)50-34(2)60-32-78-50)61-53(74)43-25-39(71)30-70(43)55(76)51(56(3,4)5)64-46(72)15-10-9-11-16-47(73)69-28-36(29-69)18-17-35-19-24-44(58-27-35)63-45-26-42(48(66-65-45)54(75)57-6)62-41-14-12-13-40(49(41)77-8)52-59-31-68(7)67-52/h12-14,19-24,26-27,31-33,36,39,43,51,71H,9-11,15-16,25,28-30H2,1-8H3,(H,57,75)(H,61,74)(H,64,72)(H2,58,62,63,65)/t33-,39+,43-,51?/m0/s1. The first-order chi connectivity index (χ1) is 37.4. The van der Waals surface area contributed by atoms with Crippen LogP contribution in [-0.2, 0) is 26.2 Å². The van der Waals surface area contributed by atoms with Gasteiger partial charge in [0.1, 0.15) is 24.2 Å². The number of unbranched alkanes of at least 4 members (excludes halogenated alkanes) is 2. The molecule has 6 N–H and O–H groups in total. The molecule has 0 radical (unpaired) electrons. The number of anilines is 4. The minimum Gasteiger partial charge on any atom is -0.494 e. The number of carbonyl (C=O) groups is 5. The lowest BCUT2D eigenvalue weighted by Gasteiger charge is -2.36. The van der Waals surface area contributed by atoms with Crippen LogP contribution in [0.1, 0.15) is 99.6 Å². The van der Waals surface area contributed by atoms with Crippen LogP contribution >= 0.6 is 11.3 Å². The van der Waals surface area contributed by atoms with Crippen molar-refractivity contribution in [2.75, 3.05) is 44.4 Å². The average Bonchev–Trinajstić information content (AvgIpc) is 4.16. The van der Waals surface area contributed by atoms with Crippen molar-refractivity contribution in [3.8, 4) is 39.4 Å². The Morgan fingerprint density at radius 1 is 0.897 bits per heavy atom. The van der Waals surface area contributed by atoms with Crippen molar-refractivity contribution < 1.29 is 33.8 Å². The number of amides is 5. The Bertz CT molecular complexity index is 3190. The summed E-state index contributed by atoms with van der Waals surface area (Å²) in [5.41, 5.74) is 6.35. The fourth-order valence-corrected chi connectivity index (χ4v) is 10.1. The molecule has 2 fully saturated rings. The normalized spacial score (nSPS) is 16.0. The summed E-state index contributed by atoms with van der Waals surface area (Å²) >= 11 is 1.57. The van der Waals surface area contributed by atoms with Gasteiger partial charge in [0.25, 0.3) is 5.91 Å². The second-order valence-electron chi connectivity index (χ2n) is 20.6. The highest BCUT2D eigenvalue weighted by Crippen LogP contribution is 2.37. The lowest BCUT2D eigenvalue weighted by atomic mass is 9.85. The van der Waals surface area contributed by atoms with Crippen LogP contribution < -0.4 is 31.3 Å². The van der Waals surface area contributed by atoms with Crippen LogP contribution in [0.5, 0.6) is 5.75 Å². The number of hydrogen-bond acceptors (Lipinski definition) is 16. The highest BCUT2D eigenvalue weighted by Gasteiger charge is 2.45. The molecule has 8 rings (SSSR count). The number of hydrogen-bond donors (Lipinski definition) is 6.